The maximum atomic E-state index is 9.38. The molecule has 0 aliphatic heterocycles. The molecule has 0 aliphatic carbocycles. The molecule has 0 aliphatic rings. The first kappa shape index (κ1) is 15.7. The van der Waals surface area contributed by atoms with Crippen molar-refractivity contribution in [3.8, 4) is 11.3 Å². The summed E-state index contributed by atoms with van der Waals surface area (Å²) in [6.45, 7) is 7.74. The summed E-state index contributed by atoms with van der Waals surface area (Å²) >= 11 is 0. The predicted octanol–water partition coefficient (Wildman–Crippen LogP) is 2.88. The van der Waals surface area contributed by atoms with Gasteiger partial charge in [-0.2, -0.15) is 5.10 Å². The first-order valence-corrected chi connectivity index (χ1v) is 7.54. The molecular formula is C17H25N3O. The molecule has 2 unspecified atom stereocenters. The van der Waals surface area contributed by atoms with Crippen LogP contribution in [0.4, 0.5) is 0 Å². The molecule has 4 heteroatoms. The normalized spacial score (nSPS) is 14.1. The Morgan fingerprint density at radius 3 is 2.62 bits per heavy atom. The van der Waals surface area contributed by atoms with E-state index in [1.165, 1.54) is 11.1 Å². The van der Waals surface area contributed by atoms with Crippen LogP contribution in [-0.2, 0) is 6.54 Å². The van der Waals surface area contributed by atoms with Crippen molar-refractivity contribution in [2.24, 2.45) is 5.92 Å². The van der Waals surface area contributed by atoms with E-state index in [0.29, 0.717) is 5.92 Å². The van der Waals surface area contributed by atoms with Gasteiger partial charge in [0.25, 0.3) is 0 Å². The summed E-state index contributed by atoms with van der Waals surface area (Å²) in [6, 6.07) is 8.45. The summed E-state index contributed by atoms with van der Waals surface area (Å²) < 4.78 is 0. The second kappa shape index (κ2) is 7.38. The fourth-order valence-electron chi connectivity index (χ4n) is 2.53. The molecule has 1 aromatic carbocycles. The van der Waals surface area contributed by atoms with Gasteiger partial charge in [-0.05, 0) is 38.3 Å². The summed E-state index contributed by atoms with van der Waals surface area (Å²) in [5, 5.41) is 20.1. The summed E-state index contributed by atoms with van der Waals surface area (Å²) in [5.74, 6) is 0.458. The van der Waals surface area contributed by atoms with Gasteiger partial charge < -0.3 is 10.4 Å². The standard InChI is InChI=1S/C17H25N3O/c1-12-4-6-15(7-5-12)17-16(11-19-20-17)10-18-9-13(2)8-14(3)21/h4-7,11,13-14,18,21H,8-10H2,1-3H3,(H,19,20). The molecule has 1 aromatic heterocycles. The molecule has 114 valence electrons. The van der Waals surface area contributed by atoms with Gasteiger partial charge in [0.05, 0.1) is 18.0 Å². The highest BCUT2D eigenvalue weighted by molar-refractivity contribution is 5.62. The SMILES string of the molecule is Cc1ccc(-c2[nH]ncc2CNCC(C)CC(C)O)cc1. The van der Waals surface area contributed by atoms with E-state index in [9.17, 15) is 5.11 Å². The van der Waals surface area contributed by atoms with Crippen LogP contribution < -0.4 is 5.32 Å². The minimum atomic E-state index is -0.237. The van der Waals surface area contributed by atoms with E-state index in [0.717, 1.165) is 30.8 Å². The zero-order valence-electron chi connectivity index (χ0n) is 13.1. The van der Waals surface area contributed by atoms with Crippen molar-refractivity contribution >= 4 is 0 Å². The summed E-state index contributed by atoms with van der Waals surface area (Å²) in [7, 11) is 0. The van der Waals surface area contributed by atoms with Crippen molar-refractivity contribution < 1.29 is 5.11 Å². The topological polar surface area (TPSA) is 60.9 Å². The quantitative estimate of drug-likeness (QED) is 0.734. The number of rotatable bonds is 7. The fraction of sp³-hybridized carbons (Fsp3) is 0.471. The van der Waals surface area contributed by atoms with Gasteiger partial charge in [-0.3, -0.25) is 5.10 Å². The average molecular weight is 287 g/mol. The van der Waals surface area contributed by atoms with E-state index in [-0.39, 0.29) is 6.10 Å². The zero-order valence-corrected chi connectivity index (χ0v) is 13.1. The summed E-state index contributed by atoms with van der Waals surface area (Å²) in [4.78, 5) is 0. The van der Waals surface area contributed by atoms with Crippen LogP contribution in [0, 0.1) is 12.8 Å². The predicted molar refractivity (Wildman–Crippen MR) is 85.9 cm³/mol. The lowest BCUT2D eigenvalue weighted by atomic mass is 10.0. The number of nitrogens with zero attached hydrogens (tertiary/aromatic N) is 1. The molecule has 2 rings (SSSR count). The Morgan fingerprint density at radius 1 is 1.24 bits per heavy atom. The Hall–Kier alpha value is -1.65. The molecule has 4 nitrogen and oxygen atoms in total. The number of H-pyrrole nitrogens is 1. The minimum absolute atomic E-state index is 0.237. The van der Waals surface area contributed by atoms with Gasteiger partial charge in [0.2, 0.25) is 0 Å². The number of aromatic nitrogens is 2. The fourth-order valence-corrected chi connectivity index (χ4v) is 2.53. The molecule has 1 heterocycles. The molecule has 0 radical (unpaired) electrons. The Balaban J connectivity index is 1.93. The van der Waals surface area contributed by atoms with Gasteiger partial charge in [0, 0.05) is 12.1 Å². The van der Waals surface area contributed by atoms with Crippen LogP contribution >= 0.6 is 0 Å². The second-order valence-electron chi connectivity index (χ2n) is 5.96. The first-order valence-electron chi connectivity index (χ1n) is 7.54. The second-order valence-corrected chi connectivity index (χ2v) is 5.96. The molecule has 0 fully saturated rings. The van der Waals surface area contributed by atoms with Crippen LogP contribution in [0.2, 0.25) is 0 Å². The Kier molecular flexibility index (Phi) is 5.53. The minimum Gasteiger partial charge on any atom is -0.393 e. The van der Waals surface area contributed by atoms with Crippen LogP contribution in [0.25, 0.3) is 11.3 Å². The number of aliphatic hydroxyl groups is 1. The lowest BCUT2D eigenvalue weighted by Gasteiger charge is -2.14. The van der Waals surface area contributed by atoms with Crippen molar-refractivity contribution in [1.29, 1.82) is 0 Å². The monoisotopic (exact) mass is 287 g/mol. The highest BCUT2D eigenvalue weighted by atomic mass is 16.3. The van der Waals surface area contributed by atoms with Crippen molar-refractivity contribution in [2.75, 3.05) is 6.54 Å². The number of hydrogen-bond donors (Lipinski definition) is 3. The molecule has 0 bridgehead atoms. The third-order valence-electron chi connectivity index (χ3n) is 3.61. The zero-order chi connectivity index (χ0) is 15.2. The van der Waals surface area contributed by atoms with Crippen LogP contribution in [0.3, 0.4) is 0 Å². The summed E-state index contributed by atoms with van der Waals surface area (Å²) in [6.07, 6.45) is 2.46. The largest absolute Gasteiger partial charge is 0.393 e. The number of aromatic amines is 1. The third-order valence-corrected chi connectivity index (χ3v) is 3.61. The molecule has 0 amide bonds. The average Bonchev–Trinajstić information content (AvgIpc) is 2.87. The van der Waals surface area contributed by atoms with E-state index in [2.05, 4.69) is 53.6 Å². The molecule has 0 spiro atoms. The maximum absolute atomic E-state index is 9.38. The van der Waals surface area contributed by atoms with E-state index >= 15 is 0 Å². The molecule has 2 atom stereocenters. The Labute approximate surface area is 126 Å². The van der Waals surface area contributed by atoms with Crippen LogP contribution in [0.5, 0.6) is 0 Å². The van der Waals surface area contributed by atoms with E-state index < -0.39 is 0 Å². The molecule has 3 N–H and O–H groups in total. The lowest BCUT2D eigenvalue weighted by molar-refractivity contribution is 0.163. The van der Waals surface area contributed by atoms with Gasteiger partial charge in [-0.15, -0.1) is 0 Å². The van der Waals surface area contributed by atoms with Gasteiger partial charge in [-0.25, -0.2) is 0 Å². The highest BCUT2D eigenvalue weighted by Crippen LogP contribution is 2.21. The maximum Gasteiger partial charge on any atom is 0.0695 e. The number of aliphatic hydroxyl groups excluding tert-OH is 1. The van der Waals surface area contributed by atoms with Crippen molar-refractivity contribution in [1.82, 2.24) is 15.5 Å². The van der Waals surface area contributed by atoms with Gasteiger partial charge >= 0.3 is 0 Å². The van der Waals surface area contributed by atoms with Gasteiger partial charge in [-0.1, -0.05) is 36.8 Å². The van der Waals surface area contributed by atoms with Crippen LogP contribution in [-0.4, -0.2) is 28.0 Å². The lowest BCUT2D eigenvalue weighted by Crippen LogP contribution is -2.23. The molecule has 2 aromatic rings. The smallest absolute Gasteiger partial charge is 0.0695 e. The van der Waals surface area contributed by atoms with Gasteiger partial charge in [0.1, 0.15) is 0 Å². The van der Waals surface area contributed by atoms with Crippen molar-refractivity contribution in [2.45, 2.75) is 39.8 Å². The number of aryl methyl sites for hydroxylation is 1. The van der Waals surface area contributed by atoms with E-state index in [4.69, 9.17) is 0 Å². The van der Waals surface area contributed by atoms with E-state index in [1.807, 2.05) is 13.1 Å². The Morgan fingerprint density at radius 2 is 1.95 bits per heavy atom. The van der Waals surface area contributed by atoms with Crippen LogP contribution in [0.1, 0.15) is 31.4 Å². The van der Waals surface area contributed by atoms with Crippen molar-refractivity contribution in [3.63, 3.8) is 0 Å². The highest BCUT2D eigenvalue weighted by Gasteiger charge is 2.09. The first-order chi connectivity index (χ1) is 10.1. The molecule has 21 heavy (non-hydrogen) atoms. The van der Waals surface area contributed by atoms with Gasteiger partial charge in [0.15, 0.2) is 0 Å². The Bertz CT molecular complexity index is 545. The third kappa shape index (κ3) is 4.69. The van der Waals surface area contributed by atoms with E-state index in [1.54, 1.807) is 0 Å². The molecule has 0 saturated heterocycles. The number of hydrogen-bond acceptors (Lipinski definition) is 3. The summed E-state index contributed by atoms with van der Waals surface area (Å²) in [5.41, 5.74) is 4.66. The molecular weight excluding hydrogens is 262 g/mol. The number of nitrogens with one attached hydrogen (secondary N) is 2. The van der Waals surface area contributed by atoms with Crippen LogP contribution in [0.15, 0.2) is 30.5 Å². The molecule has 0 saturated carbocycles. The van der Waals surface area contributed by atoms with Crippen molar-refractivity contribution in [3.05, 3.63) is 41.6 Å². The number of benzene rings is 1.